The summed E-state index contributed by atoms with van der Waals surface area (Å²) in [6, 6.07) is 10.7. The van der Waals surface area contributed by atoms with E-state index in [0.29, 0.717) is 28.2 Å². The number of aliphatic hydroxyl groups excluding tert-OH is 1. The van der Waals surface area contributed by atoms with E-state index in [2.05, 4.69) is 0 Å². The summed E-state index contributed by atoms with van der Waals surface area (Å²) >= 11 is 11.8. The van der Waals surface area contributed by atoms with E-state index < -0.39 is 6.10 Å². The Kier molecular flexibility index (Phi) is 5.34. The van der Waals surface area contributed by atoms with Crippen LogP contribution in [0.5, 0.6) is 11.5 Å². The maximum absolute atomic E-state index is 9.58. The van der Waals surface area contributed by atoms with Gasteiger partial charge in [-0.25, -0.2) is 0 Å². The van der Waals surface area contributed by atoms with Gasteiger partial charge >= 0.3 is 0 Å². The van der Waals surface area contributed by atoms with Crippen LogP contribution in [0, 0.1) is 0 Å². The predicted molar refractivity (Wildman–Crippen MR) is 84.4 cm³/mol. The molecule has 0 aliphatic carbocycles. The average Bonchev–Trinajstić information content (AvgIpc) is 2.48. The maximum atomic E-state index is 9.58. The van der Waals surface area contributed by atoms with Gasteiger partial charge in [0.15, 0.2) is 11.5 Å². The van der Waals surface area contributed by atoms with Crippen molar-refractivity contribution >= 4 is 23.2 Å². The third-order valence-electron chi connectivity index (χ3n) is 3.05. The van der Waals surface area contributed by atoms with Crippen molar-refractivity contribution in [1.29, 1.82) is 0 Å². The number of benzene rings is 2. The van der Waals surface area contributed by atoms with Crippen molar-refractivity contribution < 1.29 is 14.6 Å². The highest BCUT2D eigenvalue weighted by molar-refractivity contribution is 6.42. The summed E-state index contributed by atoms with van der Waals surface area (Å²) in [7, 11) is 1.56. The Labute approximate surface area is 134 Å². The van der Waals surface area contributed by atoms with Crippen LogP contribution in [0.2, 0.25) is 10.0 Å². The molecule has 0 unspecified atom stereocenters. The lowest BCUT2D eigenvalue weighted by Gasteiger charge is -2.13. The van der Waals surface area contributed by atoms with Gasteiger partial charge in [0.05, 0.1) is 23.3 Å². The Morgan fingerprint density at radius 3 is 2.43 bits per heavy atom. The molecule has 2 aromatic rings. The molecule has 0 radical (unpaired) electrons. The third kappa shape index (κ3) is 4.03. The number of methoxy groups -OCH3 is 1. The Morgan fingerprint density at radius 1 is 1.05 bits per heavy atom. The number of aliphatic hydroxyl groups is 1. The molecule has 0 aliphatic rings. The minimum atomic E-state index is -0.553. The summed E-state index contributed by atoms with van der Waals surface area (Å²) < 4.78 is 11.0. The van der Waals surface area contributed by atoms with Crippen LogP contribution >= 0.6 is 23.2 Å². The van der Waals surface area contributed by atoms with Crippen LogP contribution in [0.1, 0.15) is 24.2 Å². The van der Waals surface area contributed by atoms with Crippen molar-refractivity contribution in [2.45, 2.75) is 19.6 Å². The van der Waals surface area contributed by atoms with E-state index in [9.17, 15) is 5.11 Å². The van der Waals surface area contributed by atoms with Crippen LogP contribution in [-0.4, -0.2) is 12.2 Å². The van der Waals surface area contributed by atoms with Crippen LogP contribution in [0.15, 0.2) is 36.4 Å². The van der Waals surface area contributed by atoms with Crippen LogP contribution < -0.4 is 9.47 Å². The topological polar surface area (TPSA) is 38.7 Å². The molecule has 1 N–H and O–H groups in total. The molecule has 112 valence electrons. The van der Waals surface area contributed by atoms with Crippen LogP contribution in [0.3, 0.4) is 0 Å². The monoisotopic (exact) mass is 326 g/mol. The maximum Gasteiger partial charge on any atom is 0.161 e. The molecule has 5 heteroatoms. The molecule has 0 aliphatic heterocycles. The molecule has 0 saturated heterocycles. The summed E-state index contributed by atoms with van der Waals surface area (Å²) in [5.74, 6) is 1.18. The fourth-order valence-electron chi connectivity index (χ4n) is 1.85. The van der Waals surface area contributed by atoms with Crippen molar-refractivity contribution in [3.05, 3.63) is 57.6 Å². The minimum Gasteiger partial charge on any atom is -0.493 e. The van der Waals surface area contributed by atoms with Crippen molar-refractivity contribution in [2.75, 3.05) is 7.11 Å². The zero-order valence-corrected chi connectivity index (χ0v) is 13.3. The second kappa shape index (κ2) is 7.03. The normalized spacial score (nSPS) is 12.0. The van der Waals surface area contributed by atoms with Crippen molar-refractivity contribution in [3.63, 3.8) is 0 Å². The van der Waals surface area contributed by atoms with E-state index in [1.807, 2.05) is 6.07 Å². The third-order valence-corrected chi connectivity index (χ3v) is 3.79. The summed E-state index contributed by atoms with van der Waals surface area (Å²) in [6.45, 7) is 2.05. The number of ether oxygens (including phenoxy) is 2. The molecule has 2 aromatic carbocycles. The standard InChI is InChI=1S/C16H16Cl2O3/c1-10(19)12-4-6-15(16(8-12)20-2)21-9-11-3-5-13(17)14(18)7-11/h3-8,10,19H,9H2,1-2H3/t10-/m1/s1. The molecule has 0 spiro atoms. The van der Waals surface area contributed by atoms with Crippen molar-refractivity contribution in [2.24, 2.45) is 0 Å². The predicted octanol–water partition coefficient (Wildman–Crippen LogP) is 4.63. The largest absolute Gasteiger partial charge is 0.493 e. The first kappa shape index (κ1) is 16.0. The quantitative estimate of drug-likeness (QED) is 0.870. The molecule has 1 atom stereocenters. The first-order valence-corrected chi connectivity index (χ1v) is 7.19. The summed E-state index contributed by atoms with van der Waals surface area (Å²) in [6.07, 6.45) is -0.553. The summed E-state index contributed by atoms with van der Waals surface area (Å²) in [5.41, 5.74) is 1.68. The molecule has 0 fully saturated rings. The number of hydrogen-bond acceptors (Lipinski definition) is 3. The summed E-state index contributed by atoms with van der Waals surface area (Å²) in [5, 5.41) is 10.6. The van der Waals surface area contributed by atoms with Crippen molar-refractivity contribution in [3.8, 4) is 11.5 Å². The Bertz CT molecular complexity index is 627. The van der Waals surface area contributed by atoms with Gasteiger partial charge < -0.3 is 14.6 Å². The second-order valence-electron chi connectivity index (χ2n) is 4.62. The molecule has 0 amide bonds. The van der Waals surface area contributed by atoms with E-state index in [1.54, 1.807) is 44.4 Å². The highest BCUT2D eigenvalue weighted by Gasteiger charge is 2.09. The smallest absolute Gasteiger partial charge is 0.161 e. The molecule has 0 saturated carbocycles. The molecule has 3 nitrogen and oxygen atoms in total. The molecule has 0 heterocycles. The summed E-state index contributed by atoms with van der Waals surface area (Å²) in [4.78, 5) is 0. The van der Waals surface area contributed by atoms with E-state index in [4.69, 9.17) is 32.7 Å². The van der Waals surface area contributed by atoms with Gasteiger partial charge in [0.25, 0.3) is 0 Å². The fourth-order valence-corrected chi connectivity index (χ4v) is 2.17. The van der Waals surface area contributed by atoms with Crippen LogP contribution in [0.25, 0.3) is 0 Å². The van der Waals surface area contributed by atoms with Crippen LogP contribution in [-0.2, 0) is 6.61 Å². The van der Waals surface area contributed by atoms with Crippen LogP contribution in [0.4, 0.5) is 0 Å². The van der Waals surface area contributed by atoms with Gasteiger partial charge in [-0.05, 0) is 42.3 Å². The van der Waals surface area contributed by atoms with E-state index in [-0.39, 0.29) is 0 Å². The molecule has 2 rings (SSSR count). The molecule has 0 aromatic heterocycles. The highest BCUT2D eigenvalue weighted by Crippen LogP contribution is 2.31. The van der Waals surface area contributed by atoms with E-state index >= 15 is 0 Å². The lowest BCUT2D eigenvalue weighted by Crippen LogP contribution is -1.99. The van der Waals surface area contributed by atoms with Gasteiger partial charge in [-0.15, -0.1) is 0 Å². The van der Waals surface area contributed by atoms with Gasteiger partial charge in [0.2, 0.25) is 0 Å². The number of halogens is 2. The first-order chi connectivity index (χ1) is 10.0. The van der Waals surface area contributed by atoms with E-state index in [0.717, 1.165) is 11.1 Å². The number of hydrogen-bond donors (Lipinski definition) is 1. The SMILES string of the molecule is COc1cc([C@@H](C)O)ccc1OCc1ccc(Cl)c(Cl)c1. The molecular formula is C16H16Cl2O3. The average molecular weight is 327 g/mol. The Hall–Kier alpha value is -1.42. The highest BCUT2D eigenvalue weighted by atomic mass is 35.5. The van der Waals surface area contributed by atoms with Gasteiger partial charge in [-0.3, -0.25) is 0 Å². The second-order valence-corrected chi connectivity index (χ2v) is 5.44. The van der Waals surface area contributed by atoms with E-state index in [1.165, 1.54) is 0 Å². The fraction of sp³-hybridized carbons (Fsp3) is 0.250. The molecular weight excluding hydrogens is 311 g/mol. The lowest BCUT2D eigenvalue weighted by molar-refractivity contribution is 0.198. The number of rotatable bonds is 5. The Morgan fingerprint density at radius 2 is 1.81 bits per heavy atom. The molecule has 0 bridgehead atoms. The van der Waals surface area contributed by atoms with Gasteiger partial charge in [0.1, 0.15) is 6.61 Å². The molecule has 21 heavy (non-hydrogen) atoms. The van der Waals surface area contributed by atoms with Gasteiger partial charge in [0, 0.05) is 0 Å². The first-order valence-electron chi connectivity index (χ1n) is 6.44. The lowest BCUT2D eigenvalue weighted by atomic mass is 10.1. The zero-order chi connectivity index (χ0) is 15.4. The minimum absolute atomic E-state index is 0.348. The van der Waals surface area contributed by atoms with Gasteiger partial charge in [-0.2, -0.15) is 0 Å². The van der Waals surface area contributed by atoms with Crippen molar-refractivity contribution in [1.82, 2.24) is 0 Å². The van der Waals surface area contributed by atoms with Gasteiger partial charge in [-0.1, -0.05) is 35.3 Å². The Balaban J connectivity index is 2.13. The zero-order valence-electron chi connectivity index (χ0n) is 11.8.